The van der Waals surface area contributed by atoms with Crippen LogP contribution in [0.15, 0.2) is 59.1 Å². The maximum Gasteiger partial charge on any atom is 0.220 e. The highest BCUT2D eigenvalue weighted by Crippen LogP contribution is 2.18. The smallest absolute Gasteiger partial charge is 0.220 e. The Labute approximate surface area is 145 Å². The SMILES string of the molecule is O=C(CCc1nc2ccccc2o1)NCCc1c[nH]c2ccccc12. The van der Waals surface area contributed by atoms with Gasteiger partial charge in [-0.25, -0.2) is 4.98 Å². The highest BCUT2D eigenvalue weighted by atomic mass is 16.3. The molecule has 1 amide bonds. The molecule has 126 valence electrons. The van der Waals surface area contributed by atoms with Crippen LogP contribution in [0.1, 0.15) is 17.9 Å². The lowest BCUT2D eigenvalue weighted by Gasteiger charge is -2.04. The fraction of sp³-hybridized carbons (Fsp3) is 0.200. The predicted molar refractivity (Wildman–Crippen MR) is 97.3 cm³/mol. The van der Waals surface area contributed by atoms with E-state index in [1.54, 1.807) is 0 Å². The van der Waals surface area contributed by atoms with Crippen molar-refractivity contribution in [3.8, 4) is 0 Å². The first-order valence-corrected chi connectivity index (χ1v) is 8.46. The fourth-order valence-corrected chi connectivity index (χ4v) is 3.01. The van der Waals surface area contributed by atoms with Gasteiger partial charge in [-0.1, -0.05) is 30.3 Å². The van der Waals surface area contributed by atoms with Gasteiger partial charge in [0.2, 0.25) is 5.91 Å². The molecule has 4 rings (SSSR count). The third kappa shape index (κ3) is 3.40. The van der Waals surface area contributed by atoms with Crippen LogP contribution in [0.5, 0.6) is 0 Å². The summed E-state index contributed by atoms with van der Waals surface area (Å²) in [6.07, 6.45) is 3.70. The lowest BCUT2D eigenvalue weighted by atomic mass is 10.1. The van der Waals surface area contributed by atoms with E-state index < -0.39 is 0 Å². The number of nitrogens with one attached hydrogen (secondary N) is 2. The normalized spacial score (nSPS) is 11.2. The number of para-hydroxylation sites is 3. The van der Waals surface area contributed by atoms with Crippen molar-refractivity contribution in [2.24, 2.45) is 0 Å². The first-order chi connectivity index (χ1) is 12.3. The summed E-state index contributed by atoms with van der Waals surface area (Å²) in [4.78, 5) is 19.7. The first-order valence-electron chi connectivity index (χ1n) is 8.46. The highest BCUT2D eigenvalue weighted by molar-refractivity contribution is 5.83. The number of fused-ring (bicyclic) bond motifs is 2. The van der Waals surface area contributed by atoms with Crippen LogP contribution in [0, 0.1) is 0 Å². The lowest BCUT2D eigenvalue weighted by Crippen LogP contribution is -2.25. The Kier molecular flexibility index (Phi) is 4.21. The van der Waals surface area contributed by atoms with Gasteiger partial charge in [-0.05, 0) is 30.2 Å². The molecule has 0 aliphatic carbocycles. The zero-order valence-electron chi connectivity index (χ0n) is 13.8. The van der Waals surface area contributed by atoms with Gasteiger partial charge in [0.1, 0.15) is 5.52 Å². The number of amides is 1. The monoisotopic (exact) mass is 333 g/mol. The largest absolute Gasteiger partial charge is 0.441 e. The molecule has 0 saturated carbocycles. The summed E-state index contributed by atoms with van der Waals surface area (Å²) in [6, 6.07) is 15.8. The average molecular weight is 333 g/mol. The molecule has 0 aliphatic heterocycles. The minimum absolute atomic E-state index is 0.0158. The van der Waals surface area contributed by atoms with Crippen molar-refractivity contribution in [3.63, 3.8) is 0 Å². The predicted octanol–water partition coefficient (Wildman–Crippen LogP) is 3.60. The molecule has 0 aliphatic rings. The second kappa shape index (κ2) is 6.81. The number of carbonyl (C=O) groups excluding carboxylic acids is 1. The number of carbonyl (C=O) groups is 1. The van der Waals surface area contributed by atoms with Crippen LogP contribution < -0.4 is 5.32 Å². The van der Waals surface area contributed by atoms with E-state index in [1.807, 2.05) is 42.6 Å². The van der Waals surface area contributed by atoms with E-state index in [0.717, 1.165) is 23.0 Å². The maximum absolute atomic E-state index is 12.0. The van der Waals surface area contributed by atoms with Crippen LogP contribution >= 0.6 is 0 Å². The molecule has 0 radical (unpaired) electrons. The van der Waals surface area contributed by atoms with Crippen molar-refractivity contribution in [2.45, 2.75) is 19.3 Å². The van der Waals surface area contributed by atoms with E-state index >= 15 is 0 Å². The van der Waals surface area contributed by atoms with Crippen LogP contribution in [0.4, 0.5) is 0 Å². The Morgan fingerprint density at radius 2 is 1.92 bits per heavy atom. The third-order valence-corrected chi connectivity index (χ3v) is 4.30. The molecule has 4 aromatic rings. The summed E-state index contributed by atoms with van der Waals surface area (Å²) in [6.45, 7) is 0.619. The number of aromatic amines is 1. The van der Waals surface area contributed by atoms with Crippen molar-refractivity contribution in [2.75, 3.05) is 6.54 Å². The Hall–Kier alpha value is -3.08. The van der Waals surface area contributed by atoms with Crippen molar-refractivity contribution in [3.05, 3.63) is 66.2 Å². The molecule has 2 aromatic carbocycles. The van der Waals surface area contributed by atoms with E-state index in [2.05, 4.69) is 27.4 Å². The fourth-order valence-electron chi connectivity index (χ4n) is 3.01. The molecule has 2 heterocycles. The van der Waals surface area contributed by atoms with Gasteiger partial charge in [0.05, 0.1) is 0 Å². The van der Waals surface area contributed by atoms with Gasteiger partial charge in [0, 0.05) is 36.5 Å². The first kappa shape index (κ1) is 15.4. The van der Waals surface area contributed by atoms with E-state index in [4.69, 9.17) is 4.42 Å². The molecule has 0 unspecified atom stereocenters. The van der Waals surface area contributed by atoms with Crippen LogP contribution in [-0.4, -0.2) is 22.4 Å². The molecule has 0 atom stereocenters. The average Bonchev–Trinajstić information content (AvgIpc) is 3.24. The Morgan fingerprint density at radius 3 is 2.84 bits per heavy atom. The van der Waals surface area contributed by atoms with E-state index in [0.29, 0.717) is 25.3 Å². The number of H-pyrrole nitrogens is 1. The molecule has 5 nitrogen and oxygen atoms in total. The van der Waals surface area contributed by atoms with Gasteiger partial charge < -0.3 is 14.7 Å². The maximum atomic E-state index is 12.0. The van der Waals surface area contributed by atoms with Crippen molar-refractivity contribution >= 4 is 27.9 Å². The Balaban J connectivity index is 1.27. The molecule has 0 bridgehead atoms. The van der Waals surface area contributed by atoms with Gasteiger partial charge in [0.15, 0.2) is 11.5 Å². The number of hydrogen-bond acceptors (Lipinski definition) is 3. The number of aryl methyl sites for hydroxylation is 1. The molecule has 5 heteroatoms. The van der Waals surface area contributed by atoms with Crippen molar-refractivity contribution < 1.29 is 9.21 Å². The third-order valence-electron chi connectivity index (χ3n) is 4.30. The molecule has 0 fully saturated rings. The number of aromatic nitrogens is 2. The summed E-state index contributed by atoms with van der Waals surface area (Å²) in [5.74, 6) is 0.620. The van der Waals surface area contributed by atoms with Crippen molar-refractivity contribution in [1.82, 2.24) is 15.3 Å². The Morgan fingerprint density at radius 1 is 1.08 bits per heavy atom. The Bertz CT molecular complexity index is 983. The minimum atomic E-state index is 0.0158. The van der Waals surface area contributed by atoms with E-state index in [9.17, 15) is 4.79 Å². The van der Waals surface area contributed by atoms with Crippen molar-refractivity contribution in [1.29, 1.82) is 0 Å². The molecule has 25 heavy (non-hydrogen) atoms. The summed E-state index contributed by atoms with van der Waals surface area (Å²) in [5, 5.41) is 4.18. The van der Waals surface area contributed by atoms with Crippen LogP contribution in [0.25, 0.3) is 22.0 Å². The molecule has 0 spiro atoms. The molecule has 2 aromatic heterocycles. The highest BCUT2D eigenvalue weighted by Gasteiger charge is 2.09. The van der Waals surface area contributed by atoms with Crippen LogP contribution in [0.2, 0.25) is 0 Å². The summed E-state index contributed by atoms with van der Waals surface area (Å²) < 4.78 is 5.63. The van der Waals surface area contributed by atoms with Crippen LogP contribution in [-0.2, 0) is 17.6 Å². The molecular weight excluding hydrogens is 314 g/mol. The summed E-state index contributed by atoms with van der Waals surface area (Å²) in [7, 11) is 0. The van der Waals surface area contributed by atoms with Gasteiger partial charge >= 0.3 is 0 Å². The number of hydrogen-bond donors (Lipinski definition) is 2. The van der Waals surface area contributed by atoms with Gasteiger partial charge in [-0.15, -0.1) is 0 Å². The number of oxazole rings is 1. The van der Waals surface area contributed by atoms with Gasteiger partial charge in [0.25, 0.3) is 0 Å². The van der Waals surface area contributed by atoms with Crippen LogP contribution in [0.3, 0.4) is 0 Å². The topological polar surface area (TPSA) is 70.9 Å². The number of nitrogens with zero attached hydrogens (tertiary/aromatic N) is 1. The summed E-state index contributed by atoms with van der Waals surface area (Å²) in [5.41, 5.74) is 3.93. The second-order valence-electron chi connectivity index (χ2n) is 6.03. The number of benzene rings is 2. The second-order valence-corrected chi connectivity index (χ2v) is 6.03. The summed E-state index contributed by atoms with van der Waals surface area (Å²) >= 11 is 0. The van der Waals surface area contributed by atoms with E-state index in [1.165, 1.54) is 10.9 Å². The van der Waals surface area contributed by atoms with Gasteiger partial charge in [-0.3, -0.25) is 4.79 Å². The minimum Gasteiger partial charge on any atom is -0.441 e. The molecule has 2 N–H and O–H groups in total. The zero-order chi connectivity index (χ0) is 17.1. The number of rotatable bonds is 6. The molecular formula is C20H19N3O2. The standard InChI is InChI=1S/C20H19N3O2/c24-19(9-10-20-23-17-7-3-4-8-18(17)25-20)21-12-11-14-13-22-16-6-2-1-5-15(14)16/h1-8,13,22H,9-12H2,(H,21,24). The quantitative estimate of drug-likeness (QED) is 0.566. The van der Waals surface area contributed by atoms with E-state index in [-0.39, 0.29) is 5.91 Å². The lowest BCUT2D eigenvalue weighted by molar-refractivity contribution is -0.121. The molecule has 0 saturated heterocycles. The van der Waals surface area contributed by atoms with Gasteiger partial charge in [-0.2, -0.15) is 0 Å². The zero-order valence-corrected chi connectivity index (χ0v) is 13.8.